The number of nitrogen functional groups attached to an aromatic ring is 1. The zero-order valence-corrected chi connectivity index (χ0v) is 10.9. The molecule has 0 aliphatic heterocycles. The van der Waals surface area contributed by atoms with Crippen LogP contribution < -0.4 is 11.2 Å². The molecule has 0 heterocycles. The van der Waals surface area contributed by atoms with Gasteiger partial charge in [0.25, 0.3) is 11.6 Å². The van der Waals surface area contributed by atoms with Crippen molar-refractivity contribution < 1.29 is 9.72 Å². The van der Waals surface area contributed by atoms with Gasteiger partial charge in [-0.3, -0.25) is 14.9 Å². The summed E-state index contributed by atoms with van der Waals surface area (Å²) >= 11 is 0. The molecule has 1 amide bonds. The van der Waals surface area contributed by atoms with Gasteiger partial charge in [0.2, 0.25) is 0 Å². The number of hydrazone groups is 1. The Balaban J connectivity index is 2.07. The van der Waals surface area contributed by atoms with Crippen LogP contribution in [0.4, 0.5) is 11.4 Å². The van der Waals surface area contributed by atoms with Gasteiger partial charge >= 0.3 is 0 Å². The fourth-order valence-corrected chi connectivity index (χ4v) is 1.62. The number of amides is 1. The van der Waals surface area contributed by atoms with Gasteiger partial charge in [-0.05, 0) is 30.3 Å². The van der Waals surface area contributed by atoms with Gasteiger partial charge in [0.1, 0.15) is 0 Å². The van der Waals surface area contributed by atoms with E-state index in [1.54, 1.807) is 36.4 Å². The van der Waals surface area contributed by atoms with Gasteiger partial charge in [0.15, 0.2) is 0 Å². The Hall–Kier alpha value is -3.22. The van der Waals surface area contributed by atoms with Crippen LogP contribution in [0.5, 0.6) is 0 Å². The summed E-state index contributed by atoms with van der Waals surface area (Å²) in [7, 11) is 0. The van der Waals surface area contributed by atoms with Gasteiger partial charge in [-0.25, -0.2) is 5.43 Å². The number of hydrogen-bond acceptors (Lipinski definition) is 5. The summed E-state index contributed by atoms with van der Waals surface area (Å²) in [5.41, 5.74) is 8.99. The summed E-state index contributed by atoms with van der Waals surface area (Å²) in [6.07, 6.45) is 1.23. The minimum atomic E-state index is -0.511. The van der Waals surface area contributed by atoms with Crippen molar-refractivity contribution in [3.63, 3.8) is 0 Å². The zero-order chi connectivity index (χ0) is 15.2. The van der Waals surface area contributed by atoms with E-state index < -0.39 is 10.8 Å². The highest BCUT2D eigenvalue weighted by atomic mass is 16.6. The van der Waals surface area contributed by atoms with E-state index in [4.69, 9.17) is 5.73 Å². The fraction of sp³-hybridized carbons (Fsp3) is 0. The lowest BCUT2D eigenvalue weighted by Crippen LogP contribution is -2.17. The number of nitrogens with zero attached hydrogens (tertiary/aromatic N) is 2. The molecule has 2 aromatic rings. The van der Waals surface area contributed by atoms with E-state index in [-0.39, 0.29) is 5.69 Å². The maximum atomic E-state index is 11.8. The molecular weight excluding hydrogens is 272 g/mol. The van der Waals surface area contributed by atoms with Crippen molar-refractivity contribution in [3.05, 3.63) is 69.8 Å². The number of para-hydroxylation sites is 1. The molecule has 2 aromatic carbocycles. The molecule has 3 N–H and O–H groups in total. The monoisotopic (exact) mass is 284 g/mol. The first kappa shape index (κ1) is 14.2. The summed E-state index contributed by atoms with van der Waals surface area (Å²) in [5, 5.41) is 14.5. The summed E-state index contributed by atoms with van der Waals surface area (Å²) in [6.45, 7) is 0. The van der Waals surface area contributed by atoms with Crippen molar-refractivity contribution in [2.45, 2.75) is 0 Å². The van der Waals surface area contributed by atoms with Crippen LogP contribution in [0.3, 0.4) is 0 Å². The lowest BCUT2D eigenvalue weighted by Gasteiger charge is -2.00. The second kappa shape index (κ2) is 6.29. The summed E-state index contributed by atoms with van der Waals surface area (Å²) in [4.78, 5) is 22.1. The predicted molar refractivity (Wildman–Crippen MR) is 79.0 cm³/mol. The SMILES string of the molecule is Nc1ccc(C(=O)N/N=C\c2ccccc2[N+](=O)[O-])cc1. The third-order valence-corrected chi connectivity index (χ3v) is 2.68. The van der Waals surface area contributed by atoms with E-state index in [2.05, 4.69) is 10.5 Å². The van der Waals surface area contributed by atoms with Crippen LogP contribution in [0.1, 0.15) is 15.9 Å². The molecule has 0 aromatic heterocycles. The molecule has 0 atom stereocenters. The second-order valence-corrected chi connectivity index (χ2v) is 4.14. The number of carbonyl (C=O) groups is 1. The highest BCUT2D eigenvalue weighted by Gasteiger charge is 2.10. The summed E-state index contributed by atoms with van der Waals surface area (Å²) in [5.74, 6) is -0.426. The number of benzene rings is 2. The molecular formula is C14H12N4O3. The number of rotatable bonds is 4. The van der Waals surface area contributed by atoms with Gasteiger partial charge in [0, 0.05) is 17.3 Å². The second-order valence-electron chi connectivity index (χ2n) is 4.14. The van der Waals surface area contributed by atoms with Crippen LogP contribution in [0.2, 0.25) is 0 Å². The van der Waals surface area contributed by atoms with E-state index in [9.17, 15) is 14.9 Å². The molecule has 0 saturated carbocycles. The first-order valence-electron chi connectivity index (χ1n) is 6.00. The number of nitro groups is 1. The maximum Gasteiger partial charge on any atom is 0.278 e. The molecule has 7 nitrogen and oxygen atoms in total. The molecule has 0 aliphatic carbocycles. The van der Waals surface area contributed by atoms with E-state index in [1.807, 2.05) is 0 Å². The lowest BCUT2D eigenvalue weighted by atomic mass is 10.2. The highest BCUT2D eigenvalue weighted by molar-refractivity contribution is 5.95. The third kappa shape index (κ3) is 3.63. The van der Waals surface area contributed by atoms with E-state index in [1.165, 1.54) is 18.3 Å². The quantitative estimate of drug-likeness (QED) is 0.387. The van der Waals surface area contributed by atoms with Crippen molar-refractivity contribution in [1.82, 2.24) is 5.43 Å². The number of nitrogens with one attached hydrogen (secondary N) is 1. The van der Waals surface area contributed by atoms with Crippen molar-refractivity contribution in [1.29, 1.82) is 0 Å². The Morgan fingerprint density at radius 3 is 2.52 bits per heavy atom. The van der Waals surface area contributed by atoms with Gasteiger partial charge in [0.05, 0.1) is 16.7 Å². The Morgan fingerprint density at radius 2 is 1.86 bits per heavy atom. The summed E-state index contributed by atoms with van der Waals surface area (Å²) < 4.78 is 0. The first-order valence-corrected chi connectivity index (χ1v) is 6.00. The maximum absolute atomic E-state index is 11.8. The van der Waals surface area contributed by atoms with Crippen molar-refractivity contribution in [2.24, 2.45) is 5.10 Å². The average molecular weight is 284 g/mol. The standard InChI is InChI=1S/C14H12N4O3/c15-12-7-5-10(6-8-12)14(19)17-16-9-11-3-1-2-4-13(11)18(20)21/h1-9H,15H2,(H,17,19)/b16-9-. The largest absolute Gasteiger partial charge is 0.399 e. The molecule has 0 aliphatic rings. The molecule has 0 spiro atoms. The van der Waals surface area contributed by atoms with E-state index >= 15 is 0 Å². The molecule has 106 valence electrons. The Morgan fingerprint density at radius 1 is 1.19 bits per heavy atom. The topological polar surface area (TPSA) is 111 Å². The van der Waals surface area contributed by atoms with Crippen LogP contribution in [-0.2, 0) is 0 Å². The number of nitro benzene ring substituents is 1. The third-order valence-electron chi connectivity index (χ3n) is 2.68. The fourth-order valence-electron chi connectivity index (χ4n) is 1.62. The average Bonchev–Trinajstić information content (AvgIpc) is 2.48. The smallest absolute Gasteiger partial charge is 0.278 e. The van der Waals surface area contributed by atoms with Crippen LogP contribution in [-0.4, -0.2) is 17.0 Å². The minimum absolute atomic E-state index is 0.0806. The molecule has 2 rings (SSSR count). The van der Waals surface area contributed by atoms with Crippen LogP contribution in [0.25, 0.3) is 0 Å². The number of hydrogen-bond donors (Lipinski definition) is 2. The highest BCUT2D eigenvalue weighted by Crippen LogP contribution is 2.15. The Bertz CT molecular complexity index is 696. The Kier molecular flexibility index (Phi) is 4.25. The minimum Gasteiger partial charge on any atom is -0.399 e. The van der Waals surface area contributed by atoms with Crippen molar-refractivity contribution >= 4 is 23.5 Å². The van der Waals surface area contributed by atoms with Crippen LogP contribution >= 0.6 is 0 Å². The van der Waals surface area contributed by atoms with Gasteiger partial charge in [-0.2, -0.15) is 5.10 Å². The lowest BCUT2D eigenvalue weighted by molar-refractivity contribution is -0.385. The molecule has 0 unspecified atom stereocenters. The van der Waals surface area contributed by atoms with Gasteiger partial charge < -0.3 is 5.73 Å². The van der Waals surface area contributed by atoms with Crippen LogP contribution in [0, 0.1) is 10.1 Å². The van der Waals surface area contributed by atoms with Gasteiger partial charge in [-0.1, -0.05) is 12.1 Å². The first-order chi connectivity index (χ1) is 10.1. The molecule has 0 radical (unpaired) electrons. The Labute approximate surface area is 120 Å². The van der Waals surface area contributed by atoms with Gasteiger partial charge in [-0.15, -0.1) is 0 Å². The number of carbonyl (C=O) groups excluding carboxylic acids is 1. The summed E-state index contributed by atoms with van der Waals surface area (Å²) in [6, 6.07) is 12.4. The normalized spacial score (nSPS) is 10.5. The predicted octanol–water partition coefficient (Wildman–Crippen LogP) is 1.94. The molecule has 0 bridgehead atoms. The van der Waals surface area contributed by atoms with E-state index in [0.29, 0.717) is 16.8 Å². The molecule has 0 saturated heterocycles. The molecule has 7 heteroatoms. The number of anilines is 1. The van der Waals surface area contributed by atoms with Crippen LogP contribution in [0.15, 0.2) is 53.6 Å². The zero-order valence-electron chi connectivity index (χ0n) is 10.9. The van der Waals surface area contributed by atoms with Crippen molar-refractivity contribution in [2.75, 3.05) is 5.73 Å². The van der Waals surface area contributed by atoms with E-state index in [0.717, 1.165) is 0 Å². The van der Waals surface area contributed by atoms with Crippen molar-refractivity contribution in [3.8, 4) is 0 Å². The number of nitrogens with two attached hydrogens (primary N) is 1. The molecule has 21 heavy (non-hydrogen) atoms. The molecule has 0 fully saturated rings.